The summed E-state index contributed by atoms with van der Waals surface area (Å²) in [4.78, 5) is 10.5. The van der Waals surface area contributed by atoms with Crippen molar-refractivity contribution in [2.75, 3.05) is 5.32 Å². The standard InChI is InChI=1S/C13H10N2O3/c16-12-6-5-11-9(13(12)15(17)18)7-8-3-1-2-4-10(8)14-11/h1-7,10,14,16H. The minimum Gasteiger partial charge on any atom is -0.502 e. The summed E-state index contributed by atoms with van der Waals surface area (Å²) in [5, 5.41) is 23.8. The van der Waals surface area contributed by atoms with Crippen molar-refractivity contribution < 1.29 is 10.0 Å². The number of phenolic OH excluding ortho intramolecular Hbond substituents is 1. The number of nitro benzene ring substituents is 1. The van der Waals surface area contributed by atoms with E-state index in [1.165, 1.54) is 6.07 Å². The number of hydrogen-bond donors (Lipinski definition) is 2. The van der Waals surface area contributed by atoms with E-state index < -0.39 is 4.92 Å². The molecule has 1 aliphatic carbocycles. The lowest BCUT2D eigenvalue weighted by atomic mass is 9.93. The molecule has 5 nitrogen and oxygen atoms in total. The Morgan fingerprint density at radius 2 is 2.17 bits per heavy atom. The topological polar surface area (TPSA) is 75.4 Å². The van der Waals surface area contributed by atoms with E-state index >= 15 is 0 Å². The molecule has 2 N–H and O–H groups in total. The predicted molar refractivity (Wildman–Crippen MR) is 68.4 cm³/mol. The highest BCUT2D eigenvalue weighted by Crippen LogP contribution is 2.40. The Balaban J connectivity index is 2.22. The SMILES string of the molecule is O=[N+]([O-])c1c(O)ccc2c1C=C1C=CC=CC1N2. The van der Waals surface area contributed by atoms with Crippen LogP contribution in [0, 0.1) is 10.1 Å². The molecule has 90 valence electrons. The first-order valence-electron chi connectivity index (χ1n) is 5.50. The third kappa shape index (κ3) is 1.48. The third-order valence-corrected chi connectivity index (χ3v) is 3.06. The van der Waals surface area contributed by atoms with E-state index in [0.29, 0.717) is 11.3 Å². The van der Waals surface area contributed by atoms with Crippen molar-refractivity contribution in [3.8, 4) is 5.75 Å². The second-order valence-corrected chi connectivity index (χ2v) is 4.16. The van der Waals surface area contributed by atoms with Gasteiger partial charge in [0.2, 0.25) is 0 Å². The van der Waals surface area contributed by atoms with Gasteiger partial charge in [-0.3, -0.25) is 10.1 Å². The number of phenols is 1. The van der Waals surface area contributed by atoms with Crippen LogP contribution in [0.3, 0.4) is 0 Å². The Labute approximate surface area is 103 Å². The molecule has 0 saturated heterocycles. The maximum atomic E-state index is 11.0. The van der Waals surface area contributed by atoms with Crippen molar-refractivity contribution in [2.45, 2.75) is 6.04 Å². The maximum absolute atomic E-state index is 11.0. The van der Waals surface area contributed by atoms with Gasteiger partial charge >= 0.3 is 5.69 Å². The van der Waals surface area contributed by atoms with Crippen molar-refractivity contribution in [2.24, 2.45) is 0 Å². The molecule has 0 aromatic heterocycles. The van der Waals surface area contributed by atoms with E-state index in [2.05, 4.69) is 5.32 Å². The van der Waals surface area contributed by atoms with E-state index in [4.69, 9.17) is 0 Å². The average Bonchev–Trinajstić information content (AvgIpc) is 2.36. The molecule has 18 heavy (non-hydrogen) atoms. The molecule has 1 atom stereocenters. The zero-order valence-corrected chi connectivity index (χ0v) is 9.33. The minimum absolute atomic E-state index is 0.0339. The second kappa shape index (κ2) is 3.73. The molecule has 0 bridgehead atoms. The van der Waals surface area contributed by atoms with E-state index in [1.54, 1.807) is 12.1 Å². The highest BCUT2D eigenvalue weighted by Gasteiger charge is 2.27. The number of nitrogens with one attached hydrogen (secondary N) is 1. The quantitative estimate of drug-likeness (QED) is 0.451. The number of nitro groups is 1. The third-order valence-electron chi connectivity index (χ3n) is 3.06. The first-order chi connectivity index (χ1) is 8.66. The molecule has 2 aliphatic rings. The van der Waals surface area contributed by atoms with Gasteiger partial charge in [0.15, 0.2) is 5.75 Å². The number of nitrogens with zero attached hydrogens (tertiary/aromatic N) is 1. The molecule has 0 spiro atoms. The molecule has 0 fully saturated rings. The molecular formula is C13H10N2O3. The number of anilines is 1. The number of allylic oxidation sites excluding steroid dienone is 2. The number of rotatable bonds is 1. The fourth-order valence-electron chi connectivity index (χ4n) is 2.22. The fourth-order valence-corrected chi connectivity index (χ4v) is 2.22. The van der Waals surface area contributed by atoms with Crippen molar-refractivity contribution in [3.63, 3.8) is 0 Å². The van der Waals surface area contributed by atoms with Crippen LogP contribution < -0.4 is 5.32 Å². The molecular weight excluding hydrogens is 232 g/mol. The first kappa shape index (κ1) is 10.6. The molecule has 0 amide bonds. The van der Waals surface area contributed by atoms with Crippen LogP contribution in [-0.4, -0.2) is 16.1 Å². The summed E-state index contributed by atoms with van der Waals surface area (Å²) >= 11 is 0. The molecule has 0 radical (unpaired) electrons. The van der Waals surface area contributed by atoms with Gasteiger partial charge in [-0.1, -0.05) is 24.3 Å². The Morgan fingerprint density at radius 1 is 1.33 bits per heavy atom. The van der Waals surface area contributed by atoms with Gasteiger partial charge in [0.1, 0.15) is 0 Å². The predicted octanol–water partition coefficient (Wildman–Crippen LogP) is 2.60. The lowest BCUT2D eigenvalue weighted by Gasteiger charge is -2.25. The maximum Gasteiger partial charge on any atom is 0.319 e. The number of aromatic hydroxyl groups is 1. The molecule has 1 aliphatic heterocycles. The Kier molecular flexibility index (Phi) is 2.19. The van der Waals surface area contributed by atoms with Gasteiger partial charge in [-0.15, -0.1) is 0 Å². The zero-order valence-electron chi connectivity index (χ0n) is 9.33. The lowest BCUT2D eigenvalue weighted by Crippen LogP contribution is -2.23. The summed E-state index contributed by atoms with van der Waals surface area (Å²) in [7, 11) is 0. The van der Waals surface area contributed by atoms with Gasteiger partial charge in [0.25, 0.3) is 0 Å². The van der Waals surface area contributed by atoms with Crippen LogP contribution in [0.15, 0.2) is 42.0 Å². The summed E-state index contributed by atoms with van der Waals surface area (Å²) in [6, 6.07) is 3.02. The normalized spacial score (nSPS) is 19.6. The summed E-state index contributed by atoms with van der Waals surface area (Å²) in [6.07, 6.45) is 9.43. The average molecular weight is 242 g/mol. The van der Waals surface area contributed by atoms with Crippen LogP contribution in [0.25, 0.3) is 6.08 Å². The van der Waals surface area contributed by atoms with E-state index in [1.807, 2.05) is 24.3 Å². The van der Waals surface area contributed by atoms with Crippen molar-refractivity contribution in [3.05, 3.63) is 57.7 Å². The van der Waals surface area contributed by atoms with Crippen LogP contribution in [-0.2, 0) is 0 Å². The van der Waals surface area contributed by atoms with Crippen LogP contribution in [0.5, 0.6) is 5.75 Å². The van der Waals surface area contributed by atoms with Crippen LogP contribution in [0.4, 0.5) is 11.4 Å². The Bertz CT molecular complexity index is 629. The fraction of sp³-hybridized carbons (Fsp3) is 0.0769. The highest BCUT2D eigenvalue weighted by atomic mass is 16.6. The molecule has 5 heteroatoms. The van der Waals surface area contributed by atoms with Crippen LogP contribution >= 0.6 is 0 Å². The van der Waals surface area contributed by atoms with Crippen LogP contribution in [0.2, 0.25) is 0 Å². The smallest absolute Gasteiger partial charge is 0.319 e. The molecule has 0 saturated carbocycles. The number of benzene rings is 1. The largest absolute Gasteiger partial charge is 0.502 e. The van der Waals surface area contributed by atoms with Gasteiger partial charge in [-0.05, 0) is 23.8 Å². The highest BCUT2D eigenvalue weighted by molar-refractivity contribution is 5.84. The van der Waals surface area contributed by atoms with Crippen LogP contribution in [0.1, 0.15) is 5.56 Å². The second-order valence-electron chi connectivity index (χ2n) is 4.16. The van der Waals surface area contributed by atoms with Gasteiger partial charge in [-0.2, -0.15) is 0 Å². The number of fused-ring (bicyclic) bond motifs is 2. The lowest BCUT2D eigenvalue weighted by molar-refractivity contribution is -0.386. The van der Waals surface area contributed by atoms with E-state index in [9.17, 15) is 15.2 Å². The van der Waals surface area contributed by atoms with Gasteiger partial charge in [0.05, 0.1) is 16.5 Å². The van der Waals surface area contributed by atoms with Gasteiger partial charge in [0, 0.05) is 5.69 Å². The summed E-state index contributed by atoms with van der Waals surface area (Å²) in [5.41, 5.74) is 1.77. The molecule has 1 heterocycles. The first-order valence-corrected chi connectivity index (χ1v) is 5.50. The Hall–Kier alpha value is -2.56. The summed E-state index contributed by atoms with van der Waals surface area (Å²) in [5.74, 6) is -0.314. The zero-order chi connectivity index (χ0) is 12.7. The number of hydrogen-bond acceptors (Lipinski definition) is 4. The van der Waals surface area contributed by atoms with Crippen molar-refractivity contribution in [1.82, 2.24) is 0 Å². The Morgan fingerprint density at radius 3 is 2.94 bits per heavy atom. The molecule has 1 unspecified atom stereocenters. The molecule has 1 aromatic rings. The summed E-state index contributed by atoms with van der Waals surface area (Å²) < 4.78 is 0. The van der Waals surface area contributed by atoms with Gasteiger partial charge < -0.3 is 10.4 Å². The summed E-state index contributed by atoms with van der Waals surface area (Å²) in [6.45, 7) is 0. The van der Waals surface area contributed by atoms with E-state index in [0.717, 1.165) is 5.57 Å². The molecule has 1 aromatic carbocycles. The van der Waals surface area contributed by atoms with Crippen molar-refractivity contribution in [1.29, 1.82) is 0 Å². The molecule has 3 rings (SSSR count). The van der Waals surface area contributed by atoms with Crippen molar-refractivity contribution >= 4 is 17.5 Å². The minimum atomic E-state index is -0.560. The monoisotopic (exact) mass is 242 g/mol. The van der Waals surface area contributed by atoms with E-state index in [-0.39, 0.29) is 17.5 Å². The van der Waals surface area contributed by atoms with Gasteiger partial charge in [-0.25, -0.2) is 0 Å².